The Morgan fingerprint density at radius 2 is 2.25 bits per heavy atom. The standard InChI is InChI=1S/C20H19N3O4S/c1-26-15-4-2-3-13(9-15)10-18(24)23-7-5-16-17(11-23)28-20(21-16)22-19(25)14-6-8-27-12-14/h2-4,6,8-9,12H,5,7,10-11H2,1H3,(H,21,22,25). The van der Waals surface area contributed by atoms with Crippen LogP contribution in [0.15, 0.2) is 47.3 Å². The molecule has 0 spiro atoms. The fourth-order valence-corrected chi connectivity index (χ4v) is 4.11. The molecule has 1 aliphatic rings. The first-order chi connectivity index (χ1) is 13.6. The third-order valence-corrected chi connectivity index (χ3v) is 5.58. The number of hydrogen-bond acceptors (Lipinski definition) is 6. The summed E-state index contributed by atoms with van der Waals surface area (Å²) in [4.78, 5) is 32.2. The fourth-order valence-electron chi connectivity index (χ4n) is 3.09. The van der Waals surface area contributed by atoms with E-state index in [1.807, 2.05) is 29.2 Å². The van der Waals surface area contributed by atoms with Gasteiger partial charge < -0.3 is 14.1 Å². The number of furan rings is 1. The van der Waals surface area contributed by atoms with Crippen LogP contribution in [0, 0.1) is 0 Å². The van der Waals surface area contributed by atoms with E-state index in [4.69, 9.17) is 9.15 Å². The van der Waals surface area contributed by atoms with Crippen LogP contribution in [0.3, 0.4) is 0 Å². The molecule has 0 radical (unpaired) electrons. The molecule has 0 unspecified atom stereocenters. The lowest BCUT2D eigenvalue weighted by atomic mass is 10.1. The van der Waals surface area contributed by atoms with E-state index in [-0.39, 0.29) is 11.8 Å². The largest absolute Gasteiger partial charge is 0.497 e. The number of fused-ring (bicyclic) bond motifs is 1. The van der Waals surface area contributed by atoms with Gasteiger partial charge in [-0.2, -0.15) is 0 Å². The van der Waals surface area contributed by atoms with Crippen LogP contribution in [0.4, 0.5) is 5.13 Å². The van der Waals surface area contributed by atoms with Crippen LogP contribution in [0.1, 0.15) is 26.5 Å². The van der Waals surface area contributed by atoms with E-state index < -0.39 is 0 Å². The van der Waals surface area contributed by atoms with Crippen molar-refractivity contribution in [2.45, 2.75) is 19.4 Å². The summed E-state index contributed by atoms with van der Waals surface area (Å²) in [5.74, 6) is 0.550. The van der Waals surface area contributed by atoms with Gasteiger partial charge in [-0.25, -0.2) is 4.98 Å². The van der Waals surface area contributed by atoms with E-state index in [9.17, 15) is 9.59 Å². The summed E-state index contributed by atoms with van der Waals surface area (Å²) >= 11 is 1.41. The molecular weight excluding hydrogens is 378 g/mol. The molecule has 0 saturated heterocycles. The second-order valence-corrected chi connectivity index (χ2v) is 7.53. The first-order valence-electron chi connectivity index (χ1n) is 8.85. The number of nitrogens with zero attached hydrogens (tertiary/aromatic N) is 2. The van der Waals surface area contributed by atoms with Gasteiger partial charge in [0.25, 0.3) is 5.91 Å². The minimum Gasteiger partial charge on any atom is -0.497 e. The maximum Gasteiger partial charge on any atom is 0.260 e. The van der Waals surface area contributed by atoms with Gasteiger partial charge in [0.1, 0.15) is 12.0 Å². The number of carbonyl (C=O) groups is 2. The Morgan fingerprint density at radius 1 is 1.36 bits per heavy atom. The second-order valence-electron chi connectivity index (χ2n) is 6.45. The lowest BCUT2D eigenvalue weighted by Gasteiger charge is -2.26. The molecule has 3 aromatic rings. The van der Waals surface area contributed by atoms with E-state index in [1.165, 1.54) is 23.9 Å². The van der Waals surface area contributed by atoms with Crippen molar-refractivity contribution in [1.82, 2.24) is 9.88 Å². The summed E-state index contributed by atoms with van der Waals surface area (Å²) in [7, 11) is 1.61. The van der Waals surface area contributed by atoms with Gasteiger partial charge in [0.15, 0.2) is 5.13 Å². The zero-order valence-electron chi connectivity index (χ0n) is 15.3. The fraction of sp³-hybridized carbons (Fsp3) is 0.250. The van der Waals surface area contributed by atoms with Crippen molar-refractivity contribution in [3.63, 3.8) is 0 Å². The number of ether oxygens (including phenoxy) is 1. The lowest BCUT2D eigenvalue weighted by molar-refractivity contribution is -0.131. The predicted octanol–water partition coefficient (Wildman–Crippen LogP) is 3.12. The number of benzene rings is 1. The van der Waals surface area contributed by atoms with Crippen molar-refractivity contribution in [3.05, 3.63) is 64.6 Å². The van der Waals surface area contributed by atoms with Crippen LogP contribution >= 0.6 is 11.3 Å². The molecule has 7 nitrogen and oxygen atoms in total. The Bertz CT molecular complexity index is 997. The van der Waals surface area contributed by atoms with Crippen LogP contribution < -0.4 is 10.1 Å². The van der Waals surface area contributed by atoms with E-state index in [1.54, 1.807) is 13.2 Å². The minimum atomic E-state index is -0.259. The number of aromatic nitrogens is 1. The number of hydrogen-bond donors (Lipinski definition) is 1. The molecule has 4 rings (SSSR count). The molecule has 3 heterocycles. The number of amides is 2. The highest BCUT2D eigenvalue weighted by molar-refractivity contribution is 7.15. The molecule has 2 aromatic heterocycles. The van der Waals surface area contributed by atoms with Gasteiger partial charge in [-0.3, -0.25) is 14.9 Å². The van der Waals surface area contributed by atoms with Crippen LogP contribution in [0.2, 0.25) is 0 Å². The summed E-state index contributed by atoms with van der Waals surface area (Å²) < 4.78 is 10.1. The van der Waals surface area contributed by atoms with E-state index in [2.05, 4.69) is 10.3 Å². The molecule has 28 heavy (non-hydrogen) atoms. The smallest absolute Gasteiger partial charge is 0.260 e. The van der Waals surface area contributed by atoms with E-state index in [0.717, 1.165) is 21.9 Å². The van der Waals surface area contributed by atoms with Gasteiger partial charge in [0.05, 0.1) is 37.6 Å². The van der Waals surface area contributed by atoms with Crippen LogP contribution in [0.25, 0.3) is 0 Å². The van der Waals surface area contributed by atoms with Crippen LogP contribution in [-0.2, 0) is 24.2 Å². The minimum absolute atomic E-state index is 0.0660. The van der Waals surface area contributed by atoms with Gasteiger partial charge >= 0.3 is 0 Å². The Labute approximate surface area is 165 Å². The molecule has 8 heteroatoms. The number of thiazole rings is 1. The molecule has 0 fully saturated rings. The van der Waals surface area contributed by atoms with Crippen molar-refractivity contribution in [2.24, 2.45) is 0 Å². The van der Waals surface area contributed by atoms with Gasteiger partial charge in [0.2, 0.25) is 5.91 Å². The molecule has 1 aliphatic heterocycles. The predicted molar refractivity (Wildman–Crippen MR) is 105 cm³/mol. The Morgan fingerprint density at radius 3 is 3.04 bits per heavy atom. The molecule has 2 amide bonds. The second kappa shape index (κ2) is 7.85. The average Bonchev–Trinajstić information content (AvgIpc) is 3.37. The van der Waals surface area contributed by atoms with Gasteiger partial charge in [-0.05, 0) is 23.8 Å². The Balaban J connectivity index is 1.41. The zero-order chi connectivity index (χ0) is 19.5. The van der Waals surface area contributed by atoms with Gasteiger partial charge in [-0.15, -0.1) is 0 Å². The molecular formula is C20H19N3O4S. The molecule has 0 saturated carbocycles. The molecule has 144 valence electrons. The number of carbonyl (C=O) groups excluding carboxylic acids is 2. The number of rotatable bonds is 5. The topological polar surface area (TPSA) is 84.7 Å². The summed E-state index contributed by atoms with van der Waals surface area (Å²) in [5.41, 5.74) is 2.31. The zero-order valence-corrected chi connectivity index (χ0v) is 16.1. The summed E-state index contributed by atoms with van der Waals surface area (Å²) in [6.45, 7) is 1.13. The van der Waals surface area contributed by atoms with Gasteiger partial charge in [-0.1, -0.05) is 23.5 Å². The SMILES string of the molecule is COc1cccc(CC(=O)N2CCc3nc(NC(=O)c4ccoc4)sc3C2)c1. The van der Waals surface area contributed by atoms with Crippen molar-refractivity contribution < 1.29 is 18.7 Å². The number of anilines is 1. The summed E-state index contributed by atoms with van der Waals surface area (Å²) in [6.07, 6.45) is 3.85. The first kappa shape index (κ1) is 18.2. The van der Waals surface area contributed by atoms with Crippen LogP contribution in [-0.4, -0.2) is 35.4 Å². The molecule has 1 N–H and O–H groups in total. The van der Waals surface area contributed by atoms with Crippen molar-refractivity contribution in [1.29, 1.82) is 0 Å². The Kier molecular flexibility index (Phi) is 5.12. The van der Waals surface area contributed by atoms with Crippen molar-refractivity contribution >= 4 is 28.3 Å². The molecule has 0 aliphatic carbocycles. The quantitative estimate of drug-likeness (QED) is 0.715. The molecule has 0 bridgehead atoms. The normalized spacial score (nSPS) is 13.1. The summed E-state index contributed by atoms with van der Waals surface area (Å²) in [5, 5.41) is 3.33. The number of methoxy groups -OCH3 is 1. The van der Waals surface area contributed by atoms with Crippen molar-refractivity contribution in [2.75, 3.05) is 19.0 Å². The Hall–Kier alpha value is -3.13. The van der Waals surface area contributed by atoms with Crippen molar-refractivity contribution in [3.8, 4) is 5.75 Å². The first-order valence-corrected chi connectivity index (χ1v) is 9.67. The van der Waals surface area contributed by atoms with Crippen LogP contribution in [0.5, 0.6) is 5.75 Å². The number of nitrogens with one attached hydrogen (secondary N) is 1. The highest BCUT2D eigenvalue weighted by Crippen LogP contribution is 2.29. The monoisotopic (exact) mass is 397 g/mol. The highest BCUT2D eigenvalue weighted by atomic mass is 32.1. The van der Waals surface area contributed by atoms with Gasteiger partial charge in [0, 0.05) is 17.8 Å². The highest BCUT2D eigenvalue weighted by Gasteiger charge is 2.25. The summed E-state index contributed by atoms with van der Waals surface area (Å²) in [6, 6.07) is 9.14. The molecule has 1 aromatic carbocycles. The maximum absolute atomic E-state index is 12.7. The third kappa shape index (κ3) is 3.91. The third-order valence-electron chi connectivity index (χ3n) is 4.58. The van der Waals surface area contributed by atoms with E-state index >= 15 is 0 Å². The maximum atomic E-state index is 12.7. The van der Waals surface area contributed by atoms with E-state index in [0.29, 0.717) is 36.6 Å². The average molecular weight is 397 g/mol. The molecule has 0 atom stereocenters. The lowest BCUT2D eigenvalue weighted by Crippen LogP contribution is -2.36.